The first-order chi connectivity index (χ1) is 11.5. The second-order valence-electron chi connectivity index (χ2n) is 7.90. The lowest BCUT2D eigenvalue weighted by Gasteiger charge is -2.58. The number of aliphatic hydroxyl groups is 1. The third-order valence-electron chi connectivity index (χ3n) is 5.86. The topological polar surface area (TPSA) is 55.8 Å². The van der Waals surface area contributed by atoms with E-state index in [1.54, 1.807) is 24.3 Å². The Balaban J connectivity index is 1.31. The van der Waals surface area contributed by atoms with Gasteiger partial charge in [-0.2, -0.15) is 0 Å². The number of hydrogen-bond donors (Lipinski definition) is 1. The predicted molar refractivity (Wildman–Crippen MR) is 90.0 cm³/mol. The molecule has 5 heteroatoms. The van der Waals surface area contributed by atoms with E-state index in [0.717, 1.165) is 32.1 Å². The molecule has 1 N–H and O–H groups in total. The van der Waals surface area contributed by atoms with Gasteiger partial charge in [0.25, 0.3) is 0 Å². The first kappa shape index (κ1) is 16.2. The number of rotatable bonds is 5. The summed E-state index contributed by atoms with van der Waals surface area (Å²) in [5.41, 5.74) is -1.10. The second kappa shape index (κ2) is 5.92. The molecule has 0 aliphatic heterocycles. The van der Waals surface area contributed by atoms with Crippen LogP contribution < -0.4 is 4.74 Å². The van der Waals surface area contributed by atoms with Gasteiger partial charge in [0.1, 0.15) is 19.0 Å². The summed E-state index contributed by atoms with van der Waals surface area (Å²) in [7, 11) is 0. The molecule has 0 amide bonds. The fourth-order valence-electron chi connectivity index (χ4n) is 5.43. The number of carbonyl (C=O) groups is 1. The molecule has 4 fully saturated rings. The molecule has 1 aromatic carbocycles. The Morgan fingerprint density at radius 2 is 1.79 bits per heavy atom. The molecule has 24 heavy (non-hydrogen) atoms. The molecular formula is C19H23ClO4. The van der Waals surface area contributed by atoms with Crippen molar-refractivity contribution in [3.63, 3.8) is 0 Å². The van der Waals surface area contributed by atoms with Crippen molar-refractivity contribution in [1.82, 2.24) is 0 Å². The third kappa shape index (κ3) is 3.02. The van der Waals surface area contributed by atoms with Crippen molar-refractivity contribution < 1.29 is 19.4 Å². The van der Waals surface area contributed by atoms with E-state index in [4.69, 9.17) is 21.1 Å². The number of esters is 1. The van der Waals surface area contributed by atoms with Gasteiger partial charge in [-0.3, -0.25) is 4.79 Å². The minimum Gasteiger partial charge on any atom is -0.490 e. The molecule has 4 aliphatic carbocycles. The van der Waals surface area contributed by atoms with Crippen molar-refractivity contribution >= 4 is 17.6 Å². The summed E-state index contributed by atoms with van der Waals surface area (Å²) >= 11 is 5.83. The van der Waals surface area contributed by atoms with Gasteiger partial charge in [-0.1, -0.05) is 11.6 Å². The number of carbonyl (C=O) groups excluding carboxylic acids is 1. The van der Waals surface area contributed by atoms with Crippen LogP contribution in [0.2, 0.25) is 5.02 Å². The summed E-state index contributed by atoms with van der Waals surface area (Å²) in [5.74, 6) is 1.53. The molecule has 0 aromatic heterocycles. The zero-order valence-electron chi connectivity index (χ0n) is 13.7. The van der Waals surface area contributed by atoms with Gasteiger partial charge in [-0.15, -0.1) is 0 Å². The van der Waals surface area contributed by atoms with Crippen molar-refractivity contribution in [1.29, 1.82) is 0 Å². The first-order valence-electron chi connectivity index (χ1n) is 8.74. The van der Waals surface area contributed by atoms with E-state index in [-0.39, 0.29) is 12.6 Å². The van der Waals surface area contributed by atoms with E-state index in [1.165, 1.54) is 0 Å². The van der Waals surface area contributed by atoms with Crippen LogP contribution in [0.25, 0.3) is 0 Å². The smallest absolute Gasteiger partial charge is 0.312 e. The zero-order valence-corrected chi connectivity index (χ0v) is 14.4. The summed E-state index contributed by atoms with van der Waals surface area (Å²) in [4.78, 5) is 12.7. The van der Waals surface area contributed by atoms with Crippen LogP contribution >= 0.6 is 11.6 Å². The van der Waals surface area contributed by atoms with Crippen molar-refractivity contribution in [2.45, 2.75) is 44.1 Å². The average molecular weight is 351 g/mol. The summed E-state index contributed by atoms with van der Waals surface area (Å²) in [6.45, 7) is 0.553. The highest BCUT2D eigenvalue weighted by molar-refractivity contribution is 6.30. The van der Waals surface area contributed by atoms with E-state index in [2.05, 4.69) is 0 Å². The number of benzene rings is 1. The molecule has 1 aromatic rings. The Bertz CT molecular complexity index is 613. The van der Waals surface area contributed by atoms with Crippen LogP contribution in [0.5, 0.6) is 5.75 Å². The zero-order chi connectivity index (χ0) is 16.8. The Morgan fingerprint density at radius 3 is 2.42 bits per heavy atom. The lowest BCUT2D eigenvalue weighted by molar-refractivity contribution is -0.196. The maximum atomic E-state index is 12.7. The number of hydrogen-bond acceptors (Lipinski definition) is 4. The number of ether oxygens (including phenoxy) is 2. The minimum atomic E-state index is -0.636. The van der Waals surface area contributed by atoms with Crippen LogP contribution in [-0.4, -0.2) is 29.9 Å². The highest BCUT2D eigenvalue weighted by Crippen LogP contribution is 2.61. The van der Waals surface area contributed by atoms with E-state index in [9.17, 15) is 9.90 Å². The molecular weight excluding hydrogens is 328 g/mol. The first-order valence-corrected chi connectivity index (χ1v) is 9.12. The van der Waals surface area contributed by atoms with Crippen LogP contribution in [0.15, 0.2) is 24.3 Å². The molecule has 0 saturated heterocycles. The summed E-state index contributed by atoms with van der Waals surface area (Å²) in [6.07, 6.45) is 5.21. The van der Waals surface area contributed by atoms with Gasteiger partial charge in [0.05, 0.1) is 11.0 Å². The van der Waals surface area contributed by atoms with Crippen molar-refractivity contribution in [3.8, 4) is 5.75 Å². The standard InChI is InChI=1S/C19H23ClO4/c20-15-1-3-16(4-2-15)23-5-6-24-17(21)18-8-13-7-14(9-18)11-19(22,10-13)12-18/h1-4,13-14,22H,5-12H2/t13-,14+,18?,19?. The van der Waals surface area contributed by atoms with Crippen LogP contribution in [0.1, 0.15) is 38.5 Å². The minimum absolute atomic E-state index is 0.144. The van der Waals surface area contributed by atoms with Crippen LogP contribution in [0, 0.1) is 17.3 Å². The third-order valence-corrected chi connectivity index (χ3v) is 6.11. The molecule has 4 bridgehead atoms. The molecule has 4 nitrogen and oxygen atoms in total. The average Bonchev–Trinajstić information content (AvgIpc) is 2.50. The second-order valence-corrected chi connectivity index (χ2v) is 8.34. The fraction of sp³-hybridized carbons (Fsp3) is 0.632. The maximum Gasteiger partial charge on any atom is 0.312 e. The molecule has 0 radical (unpaired) electrons. The Kier molecular flexibility index (Phi) is 4.00. The largest absolute Gasteiger partial charge is 0.490 e. The van der Waals surface area contributed by atoms with Crippen LogP contribution in [-0.2, 0) is 9.53 Å². The van der Waals surface area contributed by atoms with Gasteiger partial charge in [0.2, 0.25) is 0 Å². The van der Waals surface area contributed by atoms with E-state index < -0.39 is 11.0 Å². The number of halogens is 1. The van der Waals surface area contributed by atoms with Crippen LogP contribution in [0.3, 0.4) is 0 Å². The molecule has 4 saturated carbocycles. The molecule has 2 unspecified atom stereocenters. The normalized spacial score (nSPS) is 36.6. The van der Waals surface area contributed by atoms with Gasteiger partial charge in [0, 0.05) is 5.02 Å². The lowest BCUT2D eigenvalue weighted by Crippen LogP contribution is -2.58. The van der Waals surface area contributed by atoms with Gasteiger partial charge in [0.15, 0.2) is 0 Å². The monoisotopic (exact) mass is 350 g/mol. The highest BCUT2D eigenvalue weighted by atomic mass is 35.5. The molecule has 4 atom stereocenters. The molecule has 130 valence electrons. The Labute approximate surface area is 147 Å². The molecule has 5 rings (SSSR count). The summed E-state index contributed by atoms with van der Waals surface area (Å²) < 4.78 is 11.1. The van der Waals surface area contributed by atoms with E-state index in [1.807, 2.05) is 0 Å². The lowest BCUT2D eigenvalue weighted by atomic mass is 9.48. The highest BCUT2D eigenvalue weighted by Gasteiger charge is 2.60. The van der Waals surface area contributed by atoms with Crippen molar-refractivity contribution in [2.24, 2.45) is 17.3 Å². The quantitative estimate of drug-likeness (QED) is 0.651. The van der Waals surface area contributed by atoms with Gasteiger partial charge in [-0.25, -0.2) is 0 Å². The van der Waals surface area contributed by atoms with Gasteiger partial charge in [-0.05, 0) is 74.6 Å². The van der Waals surface area contributed by atoms with Crippen LogP contribution in [0.4, 0.5) is 0 Å². The summed E-state index contributed by atoms with van der Waals surface area (Å²) in [6, 6.07) is 7.11. The Morgan fingerprint density at radius 1 is 1.12 bits per heavy atom. The van der Waals surface area contributed by atoms with E-state index >= 15 is 0 Å². The summed E-state index contributed by atoms with van der Waals surface area (Å²) in [5, 5.41) is 11.4. The maximum absolute atomic E-state index is 12.7. The molecule has 0 heterocycles. The van der Waals surface area contributed by atoms with E-state index in [0.29, 0.717) is 35.6 Å². The van der Waals surface area contributed by atoms with Gasteiger partial charge < -0.3 is 14.6 Å². The fourth-order valence-corrected chi connectivity index (χ4v) is 5.56. The van der Waals surface area contributed by atoms with Crippen molar-refractivity contribution in [2.75, 3.05) is 13.2 Å². The Hall–Kier alpha value is -1.26. The van der Waals surface area contributed by atoms with Gasteiger partial charge >= 0.3 is 5.97 Å². The predicted octanol–water partition coefficient (Wildman–Crippen LogP) is 3.59. The molecule has 0 spiro atoms. The molecule has 4 aliphatic rings. The SMILES string of the molecule is O=C(OCCOc1ccc(Cl)cc1)C12C[C@@H]3C[C@@H](CC(O)(C3)C1)C2. The van der Waals surface area contributed by atoms with Crippen molar-refractivity contribution in [3.05, 3.63) is 29.3 Å².